The zero-order chi connectivity index (χ0) is 19.2. The molecule has 0 amide bonds. The van der Waals surface area contributed by atoms with Gasteiger partial charge in [0.25, 0.3) is 0 Å². The zero-order valence-corrected chi connectivity index (χ0v) is 18.2. The minimum atomic E-state index is 0.503. The van der Waals surface area contributed by atoms with E-state index < -0.39 is 0 Å². The lowest BCUT2D eigenvalue weighted by Crippen LogP contribution is -2.45. The van der Waals surface area contributed by atoms with Gasteiger partial charge in [-0.2, -0.15) is 0 Å². The predicted molar refractivity (Wildman–Crippen MR) is 118 cm³/mol. The maximum absolute atomic E-state index is 5.82. The SMILES string of the molecule is Brc1ccc(CN2CCN(Cc3ccc(OCc4ccccn4)cc3)CC2)s1. The largest absolute Gasteiger partial charge is 0.487 e. The molecule has 4 nitrogen and oxygen atoms in total. The molecule has 3 heterocycles. The highest BCUT2D eigenvalue weighted by Gasteiger charge is 2.17. The summed E-state index contributed by atoms with van der Waals surface area (Å²) < 4.78 is 7.04. The van der Waals surface area contributed by atoms with Gasteiger partial charge in [-0.25, -0.2) is 0 Å². The van der Waals surface area contributed by atoms with Gasteiger partial charge in [0.2, 0.25) is 0 Å². The number of rotatable bonds is 7. The lowest BCUT2D eigenvalue weighted by molar-refractivity contribution is 0.123. The van der Waals surface area contributed by atoms with Gasteiger partial charge in [0.1, 0.15) is 12.4 Å². The molecule has 0 unspecified atom stereocenters. The monoisotopic (exact) mass is 457 g/mol. The van der Waals surface area contributed by atoms with Crippen molar-refractivity contribution < 1.29 is 4.74 Å². The average Bonchev–Trinajstić information content (AvgIpc) is 3.14. The minimum Gasteiger partial charge on any atom is -0.487 e. The Morgan fingerprint density at radius 3 is 2.29 bits per heavy atom. The standard InChI is InChI=1S/C22H24BrN3OS/c23-22-9-8-21(28-22)16-26-13-11-25(12-14-26)15-18-4-6-20(7-5-18)27-17-19-3-1-2-10-24-19/h1-10H,11-17H2. The van der Waals surface area contributed by atoms with Gasteiger partial charge in [-0.3, -0.25) is 14.8 Å². The summed E-state index contributed by atoms with van der Waals surface area (Å²) in [5.74, 6) is 0.890. The third kappa shape index (κ3) is 5.64. The van der Waals surface area contributed by atoms with E-state index in [0.29, 0.717) is 6.61 Å². The first-order chi connectivity index (χ1) is 13.7. The summed E-state index contributed by atoms with van der Waals surface area (Å²) in [7, 11) is 0. The van der Waals surface area contributed by atoms with Crippen LogP contribution in [0.1, 0.15) is 16.1 Å². The van der Waals surface area contributed by atoms with Crippen LogP contribution in [0.5, 0.6) is 5.75 Å². The molecule has 0 atom stereocenters. The van der Waals surface area contributed by atoms with Gasteiger partial charge in [0, 0.05) is 50.3 Å². The third-order valence-corrected chi connectivity index (χ3v) is 6.52. The van der Waals surface area contributed by atoms with E-state index >= 15 is 0 Å². The molecule has 0 saturated carbocycles. The summed E-state index contributed by atoms with van der Waals surface area (Å²) in [4.78, 5) is 10.8. The number of benzene rings is 1. The van der Waals surface area contributed by atoms with E-state index in [9.17, 15) is 0 Å². The molecule has 3 aromatic rings. The van der Waals surface area contributed by atoms with Gasteiger partial charge < -0.3 is 4.74 Å². The normalized spacial score (nSPS) is 15.6. The maximum Gasteiger partial charge on any atom is 0.130 e. The van der Waals surface area contributed by atoms with Crippen LogP contribution in [-0.4, -0.2) is 41.0 Å². The third-order valence-electron chi connectivity index (χ3n) is 4.92. The van der Waals surface area contributed by atoms with E-state index in [4.69, 9.17) is 4.74 Å². The van der Waals surface area contributed by atoms with Crippen molar-refractivity contribution in [2.24, 2.45) is 0 Å². The molecule has 1 aliphatic heterocycles. The summed E-state index contributed by atoms with van der Waals surface area (Å²) in [5, 5.41) is 0. The Hall–Kier alpha value is -1.73. The Bertz CT molecular complexity index is 861. The van der Waals surface area contributed by atoms with Gasteiger partial charge in [-0.05, 0) is 57.9 Å². The van der Waals surface area contributed by atoms with Gasteiger partial charge in [0.05, 0.1) is 9.48 Å². The number of halogens is 1. The van der Waals surface area contributed by atoms with Gasteiger partial charge in [-0.15, -0.1) is 11.3 Å². The molecular weight excluding hydrogens is 434 g/mol. The molecule has 146 valence electrons. The predicted octanol–water partition coefficient (Wildman–Crippen LogP) is 4.80. The molecule has 4 rings (SSSR count). The molecule has 0 bridgehead atoms. The number of hydrogen-bond donors (Lipinski definition) is 0. The highest BCUT2D eigenvalue weighted by atomic mass is 79.9. The molecule has 0 spiro atoms. The number of nitrogens with zero attached hydrogens (tertiary/aromatic N) is 3. The molecule has 1 fully saturated rings. The Labute approximate surface area is 178 Å². The number of thiophene rings is 1. The average molecular weight is 458 g/mol. The summed E-state index contributed by atoms with van der Waals surface area (Å²) in [6.07, 6.45) is 1.79. The van der Waals surface area contributed by atoms with Crippen molar-refractivity contribution in [3.63, 3.8) is 0 Å². The second-order valence-corrected chi connectivity index (χ2v) is 9.56. The van der Waals surface area contributed by atoms with E-state index in [1.807, 2.05) is 29.5 Å². The number of ether oxygens (including phenoxy) is 1. The van der Waals surface area contributed by atoms with Gasteiger partial charge in [-0.1, -0.05) is 18.2 Å². The minimum absolute atomic E-state index is 0.503. The fourth-order valence-corrected chi connectivity index (χ4v) is 4.88. The fraction of sp³-hybridized carbons (Fsp3) is 0.318. The molecule has 1 saturated heterocycles. The van der Waals surface area contributed by atoms with E-state index in [0.717, 1.165) is 50.7 Å². The first kappa shape index (κ1) is 19.6. The van der Waals surface area contributed by atoms with Crippen molar-refractivity contribution in [3.8, 4) is 5.75 Å². The molecule has 2 aromatic heterocycles. The number of aromatic nitrogens is 1. The fourth-order valence-electron chi connectivity index (χ4n) is 3.35. The molecule has 28 heavy (non-hydrogen) atoms. The summed E-state index contributed by atoms with van der Waals surface area (Å²) in [6.45, 7) is 7.05. The summed E-state index contributed by atoms with van der Waals surface area (Å²) >= 11 is 5.38. The highest BCUT2D eigenvalue weighted by Crippen LogP contribution is 2.24. The van der Waals surface area contributed by atoms with Crippen LogP contribution in [-0.2, 0) is 19.7 Å². The highest BCUT2D eigenvalue weighted by molar-refractivity contribution is 9.11. The van der Waals surface area contributed by atoms with Crippen molar-refractivity contribution in [3.05, 3.63) is 80.7 Å². The van der Waals surface area contributed by atoms with Crippen molar-refractivity contribution in [2.75, 3.05) is 26.2 Å². The van der Waals surface area contributed by atoms with E-state index in [2.05, 4.69) is 67.1 Å². The Kier molecular flexibility index (Phi) is 6.75. The van der Waals surface area contributed by atoms with Crippen molar-refractivity contribution in [1.29, 1.82) is 0 Å². The van der Waals surface area contributed by atoms with Gasteiger partial charge in [0.15, 0.2) is 0 Å². The topological polar surface area (TPSA) is 28.6 Å². The van der Waals surface area contributed by atoms with Crippen LogP contribution >= 0.6 is 27.3 Å². The summed E-state index contributed by atoms with van der Waals surface area (Å²) in [6, 6.07) is 18.7. The molecule has 6 heteroatoms. The molecule has 0 N–H and O–H groups in total. The molecule has 0 radical (unpaired) electrons. The van der Waals surface area contributed by atoms with E-state index in [1.54, 1.807) is 6.20 Å². The Morgan fingerprint density at radius 2 is 1.64 bits per heavy atom. The van der Waals surface area contributed by atoms with Crippen LogP contribution in [0.4, 0.5) is 0 Å². The van der Waals surface area contributed by atoms with Crippen LogP contribution in [0, 0.1) is 0 Å². The Balaban J connectivity index is 1.21. The van der Waals surface area contributed by atoms with Crippen LogP contribution in [0.3, 0.4) is 0 Å². The Morgan fingerprint density at radius 1 is 0.893 bits per heavy atom. The van der Waals surface area contributed by atoms with Crippen molar-refractivity contribution in [1.82, 2.24) is 14.8 Å². The number of hydrogen-bond acceptors (Lipinski definition) is 5. The maximum atomic E-state index is 5.82. The lowest BCUT2D eigenvalue weighted by Gasteiger charge is -2.34. The number of piperazine rings is 1. The first-order valence-corrected chi connectivity index (χ1v) is 11.2. The van der Waals surface area contributed by atoms with E-state index in [-0.39, 0.29) is 0 Å². The quantitative estimate of drug-likeness (QED) is 0.509. The van der Waals surface area contributed by atoms with E-state index in [1.165, 1.54) is 14.2 Å². The van der Waals surface area contributed by atoms with Crippen LogP contribution < -0.4 is 4.74 Å². The smallest absolute Gasteiger partial charge is 0.130 e. The van der Waals surface area contributed by atoms with Crippen molar-refractivity contribution >= 4 is 27.3 Å². The second kappa shape index (κ2) is 9.65. The van der Waals surface area contributed by atoms with Crippen LogP contribution in [0.25, 0.3) is 0 Å². The second-order valence-electron chi connectivity index (χ2n) is 7.01. The first-order valence-electron chi connectivity index (χ1n) is 9.55. The number of pyridine rings is 1. The van der Waals surface area contributed by atoms with Crippen LogP contribution in [0.15, 0.2) is 64.6 Å². The molecule has 1 aromatic carbocycles. The summed E-state index contributed by atoms with van der Waals surface area (Å²) in [5.41, 5.74) is 2.28. The molecule has 0 aliphatic carbocycles. The molecule has 1 aliphatic rings. The van der Waals surface area contributed by atoms with Crippen LogP contribution in [0.2, 0.25) is 0 Å². The molecular formula is C22H24BrN3OS. The van der Waals surface area contributed by atoms with Gasteiger partial charge >= 0.3 is 0 Å². The lowest BCUT2D eigenvalue weighted by atomic mass is 10.2. The van der Waals surface area contributed by atoms with Crippen molar-refractivity contribution in [2.45, 2.75) is 19.7 Å². The zero-order valence-electron chi connectivity index (χ0n) is 15.8.